The van der Waals surface area contributed by atoms with Gasteiger partial charge in [0.1, 0.15) is 11.8 Å². The van der Waals surface area contributed by atoms with Crippen LogP contribution in [0.1, 0.15) is 23.1 Å². The number of phenolic OH excluding ortho intramolecular Hbond substituents is 1. The molecule has 0 aromatic heterocycles. The maximum atomic E-state index is 11.0. The lowest BCUT2D eigenvalue weighted by Crippen LogP contribution is -2.31. The molecule has 1 aliphatic rings. The molecular weight excluding hydrogens is 309 g/mol. The predicted molar refractivity (Wildman–Crippen MR) is 94.2 cm³/mol. The highest BCUT2D eigenvalue weighted by Crippen LogP contribution is 2.41. The molecule has 4 nitrogen and oxygen atoms in total. The van der Waals surface area contributed by atoms with E-state index in [1.807, 2.05) is 24.9 Å². The van der Waals surface area contributed by atoms with Gasteiger partial charge < -0.3 is 15.9 Å². The number of phenols is 1. The smallest absolute Gasteiger partial charge is 0.320 e. The molecule has 0 fully saturated rings. The Kier molecular flexibility index (Phi) is 4.38. The van der Waals surface area contributed by atoms with Crippen molar-refractivity contribution in [3.05, 3.63) is 47.0 Å². The fourth-order valence-electron chi connectivity index (χ4n) is 3.31. The average molecular weight is 329 g/mol. The van der Waals surface area contributed by atoms with E-state index < -0.39 is 12.0 Å². The maximum Gasteiger partial charge on any atom is 0.320 e. The summed E-state index contributed by atoms with van der Waals surface area (Å²) in [6.45, 7) is 2.03. The highest BCUT2D eigenvalue weighted by molar-refractivity contribution is 7.46. The molecule has 0 saturated heterocycles. The van der Waals surface area contributed by atoms with Gasteiger partial charge in [-0.3, -0.25) is 4.79 Å². The van der Waals surface area contributed by atoms with Crippen LogP contribution < -0.4 is 11.0 Å². The van der Waals surface area contributed by atoms with Crippen LogP contribution in [0.5, 0.6) is 5.75 Å². The molecule has 2 aromatic carbocycles. The number of benzene rings is 2. The van der Waals surface area contributed by atoms with Crippen molar-refractivity contribution in [3.8, 4) is 16.9 Å². The molecule has 120 valence electrons. The predicted octanol–water partition coefficient (Wildman–Crippen LogP) is 2.24. The highest BCUT2D eigenvalue weighted by Gasteiger charge is 2.25. The van der Waals surface area contributed by atoms with Crippen molar-refractivity contribution >= 4 is 19.9 Å². The number of rotatable bonds is 5. The fraction of sp³-hybridized carbons (Fsp3) is 0.278. The molecule has 2 aromatic rings. The number of nitrogens with two attached hydrogens (primary N) is 1. The minimum Gasteiger partial charge on any atom is -0.507 e. The first-order chi connectivity index (χ1) is 11.0. The van der Waals surface area contributed by atoms with E-state index in [0.29, 0.717) is 27.2 Å². The summed E-state index contributed by atoms with van der Waals surface area (Å²) in [5.74, 6) is -0.675. The number of aromatic hydroxyl groups is 1. The van der Waals surface area contributed by atoms with E-state index in [9.17, 15) is 9.90 Å². The molecule has 3 rings (SSSR count). The van der Waals surface area contributed by atoms with E-state index in [2.05, 4.69) is 12.1 Å². The minimum atomic E-state index is -0.981. The summed E-state index contributed by atoms with van der Waals surface area (Å²) < 4.78 is 0. The van der Waals surface area contributed by atoms with Gasteiger partial charge in [-0.15, -0.1) is 0 Å². The van der Waals surface area contributed by atoms with Crippen LogP contribution in [0.2, 0.25) is 0 Å². The number of aliphatic carboxylic acids is 1. The van der Waals surface area contributed by atoms with Gasteiger partial charge in [-0.25, -0.2) is 0 Å². The number of carboxylic acid groups (broad SMARTS) is 1. The lowest BCUT2D eigenvalue weighted by molar-refractivity contribution is -0.138. The quantitative estimate of drug-likeness (QED) is 0.627. The summed E-state index contributed by atoms with van der Waals surface area (Å²) in [4.78, 5) is 11.0. The summed E-state index contributed by atoms with van der Waals surface area (Å²) >= 11 is 0. The third kappa shape index (κ3) is 2.85. The van der Waals surface area contributed by atoms with E-state index in [0.717, 1.165) is 28.4 Å². The lowest BCUT2D eigenvalue weighted by atomic mass is 9.95. The van der Waals surface area contributed by atoms with Crippen molar-refractivity contribution in [1.82, 2.24) is 0 Å². The normalized spacial score (nSPS) is 14.0. The van der Waals surface area contributed by atoms with Crippen LogP contribution >= 0.6 is 8.58 Å². The van der Waals surface area contributed by atoms with Gasteiger partial charge in [0.15, 0.2) is 0 Å². The molecule has 1 aliphatic carbocycles. The Hall–Kier alpha value is -1.90. The van der Waals surface area contributed by atoms with E-state index in [1.54, 1.807) is 0 Å². The van der Waals surface area contributed by atoms with Gasteiger partial charge in [0, 0.05) is 5.30 Å². The van der Waals surface area contributed by atoms with Gasteiger partial charge in [-0.05, 0) is 59.8 Å². The summed E-state index contributed by atoms with van der Waals surface area (Å²) in [6, 6.07) is 9.18. The molecule has 0 spiro atoms. The van der Waals surface area contributed by atoms with Gasteiger partial charge in [-0.2, -0.15) is 0 Å². The van der Waals surface area contributed by atoms with Crippen molar-refractivity contribution in [2.75, 3.05) is 6.66 Å². The van der Waals surface area contributed by atoms with Gasteiger partial charge in [0.25, 0.3) is 0 Å². The maximum absolute atomic E-state index is 11.0. The van der Waals surface area contributed by atoms with E-state index >= 15 is 0 Å². The summed E-state index contributed by atoms with van der Waals surface area (Å²) in [5.41, 5.74) is 11.4. The Morgan fingerprint density at radius 2 is 2.09 bits per heavy atom. The monoisotopic (exact) mass is 329 g/mol. The molecule has 2 unspecified atom stereocenters. The van der Waals surface area contributed by atoms with Gasteiger partial charge >= 0.3 is 5.97 Å². The van der Waals surface area contributed by atoms with Gasteiger partial charge in [0.05, 0.1) is 0 Å². The molecule has 0 aliphatic heterocycles. The minimum absolute atomic E-state index is 0.306. The van der Waals surface area contributed by atoms with Gasteiger partial charge in [0.2, 0.25) is 0 Å². The standard InChI is InChI=1S/C18H20NO3P/c1-23-17-12(6-7-15(19)18(21)22)13-8-10-4-2-3-5-11(10)14(13)9-16(17)20/h2-5,9,15,20,23H,6-8,19H2,1H3,(H,21,22). The second kappa shape index (κ2) is 6.31. The Labute approximate surface area is 137 Å². The first-order valence-corrected chi connectivity index (χ1v) is 9.15. The van der Waals surface area contributed by atoms with Crippen LogP contribution in [0.25, 0.3) is 11.1 Å². The SMILES string of the molecule is CPc1c(O)cc2c(c1CCC(N)C(=O)O)Cc1ccccc1-2. The van der Waals surface area contributed by atoms with Crippen molar-refractivity contribution in [2.45, 2.75) is 25.3 Å². The molecule has 0 bridgehead atoms. The van der Waals surface area contributed by atoms with Crippen LogP contribution in [0, 0.1) is 0 Å². The lowest BCUT2D eigenvalue weighted by Gasteiger charge is -2.17. The van der Waals surface area contributed by atoms with E-state index in [1.165, 1.54) is 11.1 Å². The third-order valence-electron chi connectivity index (χ3n) is 4.48. The van der Waals surface area contributed by atoms with Crippen LogP contribution in [-0.2, 0) is 17.6 Å². The zero-order valence-electron chi connectivity index (χ0n) is 13.0. The molecule has 0 saturated carbocycles. The third-order valence-corrected chi connectivity index (χ3v) is 5.53. The molecule has 23 heavy (non-hydrogen) atoms. The summed E-state index contributed by atoms with van der Waals surface area (Å²) in [5, 5.41) is 20.4. The highest BCUT2D eigenvalue weighted by atomic mass is 31.1. The van der Waals surface area contributed by atoms with Crippen molar-refractivity contribution in [3.63, 3.8) is 0 Å². The first-order valence-electron chi connectivity index (χ1n) is 7.65. The Balaban J connectivity index is 2.05. The second-order valence-electron chi connectivity index (χ2n) is 5.84. The topological polar surface area (TPSA) is 83.5 Å². The largest absolute Gasteiger partial charge is 0.507 e. The molecule has 2 atom stereocenters. The molecule has 0 amide bonds. The van der Waals surface area contributed by atoms with Crippen LogP contribution in [0.15, 0.2) is 30.3 Å². The van der Waals surface area contributed by atoms with Crippen molar-refractivity contribution < 1.29 is 15.0 Å². The summed E-state index contributed by atoms with van der Waals surface area (Å²) in [7, 11) is 0.458. The first kappa shape index (κ1) is 16.0. The van der Waals surface area contributed by atoms with Gasteiger partial charge in [-0.1, -0.05) is 32.8 Å². The Morgan fingerprint density at radius 1 is 1.35 bits per heavy atom. The van der Waals surface area contributed by atoms with Crippen molar-refractivity contribution in [2.24, 2.45) is 5.73 Å². The molecular formula is C18H20NO3P. The number of hydrogen-bond donors (Lipinski definition) is 3. The van der Waals surface area contributed by atoms with E-state index in [-0.39, 0.29) is 0 Å². The molecule has 4 N–H and O–H groups in total. The molecule has 0 radical (unpaired) electrons. The van der Waals surface area contributed by atoms with Crippen LogP contribution in [-0.4, -0.2) is 28.9 Å². The molecule has 5 heteroatoms. The van der Waals surface area contributed by atoms with Crippen LogP contribution in [0.4, 0.5) is 0 Å². The zero-order valence-corrected chi connectivity index (χ0v) is 14.0. The molecule has 0 heterocycles. The number of carbonyl (C=O) groups is 1. The number of hydrogen-bond acceptors (Lipinski definition) is 3. The van der Waals surface area contributed by atoms with Crippen molar-refractivity contribution in [1.29, 1.82) is 0 Å². The van der Waals surface area contributed by atoms with Crippen LogP contribution in [0.3, 0.4) is 0 Å². The van der Waals surface area contributed by atoms with E-state index in [4.69, 9.17) is 10.8 Å². The summed E-state index contributed by atoms with van der Waals surface area (Å²) in [6.07, 6.45) is 1.79. The average Bonchev–Trinajstić information content (AvgIpc) is 2.90. The Bertz CT molecular complexity index is 773. The number of fused-ring (bicyclic) bond motifs is 3. The zero-order chi connectivity index (χ0) is 16.6. The second-order valence-corrected chi connectivity index (χ2v) is 6.84. The Morgan fingerprint density at radius 3 is 2.78 bits per heavy atom. The fourth-order valence-corrected chi connectivity index (χ4v) is 4.22. The number of carboxylic acids is 1.